The predicted octanol–water partition coefficient (Wildman–Crippen LogP) is 2.59. The number of nitrogens with zero attached hydrogens (tertiary/aromatic N) is 1. The molecule has 2 N–H and O–H groups in total. The number of carbonyl (C=O) groups excluding carboxylic acids is 1. The fraction of sp³-hybridized carbons (Fsp3) is 0.333. The number of hydrogen-bond donors (Lipinski definition) is 2. The molecule has 0 saturated heterocycles. The summed E-state index contributed by atoms with van der Waals surface area (Å²) in [7, 11) is 0. The molecule has 21 heavy (non-hydrogen) atoms. The Kier molecular flexibility index (Phi) is 3.88. The molecule has 6 heteroatoms. The van der Waals surface area contributed by atoms with Gasteiger partial charge in [0, 0.05) is 18.5 Å². The first-order chi connectivity index (χ1) is 9.82. The van der Waals surface area contributed by atoms with E-state index in [1.807, 2.05) is 13.8 Å². The number of amides is 1. The first-order valence-electron chi connectivity index (χ1n) is 6.56. The molecular formula is C15H17NO5. The molecule has 112 valence electrons. The summed E-state index contributed by atoms with van der Waals surface area (Å²) in [5, 5.41) is 19.6. The maximum Gasteiger partial charge on any atom is 0.372 e. The summed E-state index contributed by atoms with van der Waals surface area (Å²) in [5.74, 6) is -1.72. The molecule has 1 amide bonds. The Morgan fingerprint density at radius 2 is 2.00 bits per heavy atom. The van der Waals surface area contributed by atoms with Crippen molar-refractivity contribution in [2.24, 2.45) is 0 Å². The zero-order chi connectivity index (χ0) is 15.7. The van der Waals surface area contributed by atoms with Crippen molar-refractivity contribution in [3.8, 4) is 5.75 Å². The van der Waals surface area contributed by atoms with E-state index in [-0.39, 0.29) is 35.6 Å². The van der Waals surface area contributed by atoms with Crippen LogP contribution >= 0.6 is 0 Å². The van der Waals surface area contributed by atoms with Crippen LogP contribution in [0.1, 0.15) is 36.9 Å². The van der Waals surface area contributed by atoms with Gasteiger partial charge in [-0.1, -0.05) is 6.07 Å². The Morgan fingerprint density at radius 1 is 1.33 bits per heavy atom. The second-order valence-electron chi connectivity index (χ2n) is 5.11. The Labute approximate surface area is 121 Å². The van der Waals surface area contributed by atoms with E-state index < -0.39 is 5.97 Å². The van der Waals surface area contributed by atoms with E-state index in [1.165, 1.54) is 17.9 Å². The summed E-state index contributed by atoms with van der Waals surface area (Å²) >= 11 is 0. The average molecular weight is 291 g/mol. The number of rotatable bonds is 4. The minimum atomic E-state index is -1.23. The summed E-state index contributed by atoms with van der Waals surface area (Å²) in [5.41, 5.74) is 0.592. The first kappa shape index (κ1) is 14.9. The average Bonchev–Trinajstić information content (AvgIpc) is 2.75. The number of furan rings is 1. The van der Waals surface area contributed by atoms with Crippen LogP contribution in [0.3, 0.4) is 0 Å². The lowest BCUT2D eigenvalue weighted by Gasteiger charge is -2.25. The first-order valence-corrected chi connectivity index (χ1v) is 6.56. The lowest BCUT2D eigenvalue weighted by Crippen LogP contribution is -2.34. The van der Waals surface area contributed by atoms with Gasteiger partial charge in [0.1, 0.15) is 11.3 Å². The Hall–Kier alpha value is -2.50. The van der Waals surface area contributed by atoms with Gasteiger partial charge < -0.3 is 19.5 Å². The molecule has 0 aliphatic heterocycles. The summed E-state index contributed by atoms with van der Waals surface area (Å²) in [6.07, 6.45) is 0. The van der Waals surface area contributed by atoms with Crippen molar-refractivity contribution in [3.05, 3.63) is 29.5 Å². The van der Waals surface area contributed by atoms with Gasteiger partial charge in [0.15, 0.2) is 0 Å². The SMILES string of the molecule is CC(=O)N(Cc1c(C(=O)O)oc2cccc(O)c12)C(C)C. The molecule has 0 unspecified atom stereocenters. The summed E-state index contributed by atoms with van der Waals surface area (Å²) in [4.78, 5) is 24.6. The topological polar surface area (TPSA) is 91.0 Å². The van der Waals surface area contributed by atoms with Crippen LogP contribution in [0, 0.1) is 0 Å². The summed E-state index contributed by atoms with van der Waals surface area (Å²) in [6, 6.07) is 4.51. The van der Waals surface area contributed by atoms with Gasteiger partial charge in [-0.05, 0) is 26.0 Å². The maximum atomic E-state index is 11.7. The van der Waals surface area contributed by atoms with E-state index in [2.05, 4.69) is 0 Å². The highest BCUT2D eigenvalue weighted by Gasteiger charge is 2.25. The Balaban J connectivity index is 2.62. The number of aromatic hydroxyl groups is 1. The fourth-order valence-corrected chi connectivity index (χ4v) is 2.34. The monoisotopic (exact) mass is 291 g/mol. The van der Waals surface area contributed by atoms with Crippen molar-refractivity contribution in [2.75, 3.05) is 0 Å². The van der Waals surface area contributed by atoms with Crippen molar-refractivity contribution in [2.45, 2.75) is 33.4 Å². The second kappa shape index (κ2) is 5.47. The van der Waals surface area contributed by atoms with E-state index >= 15 is 0 Å². The molecule has 0 saturated carbocycles. The van der Waals surface area contributed by atoms with E-state index in [4.69, 9.17) is 4.42 Å². The van der Waals surface area contributed by atoms with Crippen LogP contribution in [0.25, 0.3) is 11.0 Å². The molecule has 1 heterocycles. The van der Waals surface area contributed by atoms with Crippen LogP contribution in [-0.4, -0.2) is 33.0 Å². The lowest BCUT2D eigenvalue weighted by molar-refractivity contribution is -0.131. The third-order valence-corrected chi connectivity index (χ3v) is 3.34. The fourth-order valence-electron chi connectivity index (χ4n) is 2.34. The van der Waals surface area contributed by atoms with E-state index in [0.29, 0.717) is 10.9 Å². The van der Waals surface area contributed by atoms with Crippen LogP contribution in [0.4, 0.5) is 0 Å². The maximum absolute atomic E-state index is 11.7. The molecule has 0 bridgehead atoms. The van der Waals surface area contributed by atoms with Crippen molar-refractivity contribution in [3.63, 3.8) is 0 Å². The van der Waals surface area contributed by atoms with Crippen molar-refractivity contribution < 1.29 is 24.2 Å². The molecule has 0 atom stereocenters. The van der Waals surface area contributed by atoms with Crippen molar-refractivity contribution in [1.82, 2.24) is 4.90 Å². The van der Waals surface area contributed by atoms with E-state index in [9.17, 15) is 19.8 Å². The number of carbonyl (C=O) groups is 2. The van der Waals surface area contributed by atoms with Gasteiger partial charge in [0.2, 0.25) is 11.7 Å². The number of phenolic OH excluding ortho intramolecular Hbond substituents is 1. The normalized spacial score (nSPS) is 11.0. The number of carboxylic acids is 1. The Morgan fingerprint density at radius 3 is 2.52 bits per heavy atom. The highest BCUT2D eigenvalue weighted by molar-refractivity contribution is 5.97. The largest absolute Gasteiger partial charge is 0.507 e. The number of phenols is 1. The molecule has 0 aliphatic carbocycles. The zero-order valence-corrected chi connectivity index (χ0v) is 12.1. The van der Waals surface area contributed by atoms with Gasteiger partial charge >= 0.3 is 5.97 Å². The smallest absolute Gasteiger partial charge is 0.372 e. The summed E-state index contributed by atoms with van der Waals surface area (Å²) < 4.78 is 5.30. The standard InChI is InChI=1S/C15H17NO5/c1-8(2)16(9(3)17)7-10-13-11(18)5-4-6-12(13)21-14(10)15(19)20/h4-6,8,18H,7H2,1-3H3,(H,19,20). The minimum absolute atomic E-state index is 0.0639. The molecule has 1 aromatic heterocycles. The van der Waals surface area contributed by atoms with E-state index in [1.54, 1.807) is 12.1 Å². The quantitative estimate of drug-likeness (QED) is 0.903. The van der Waals surface area contributed by atoms with Crippen LogP contribution in [-0.2, 0) is 11.3 Å². The molecule has 0 radical (unpaired) electrons. The molecule has 0 aliphatic rings. The second-order valence-corrected chi connectivity index (χ2v) is 5.11. The predicted molar refractivity (Wildman–Crippen MR) is 76.2 cm³/mol. The molecule has 0 fully saturated rings. The molecule has 0 spiro atoms. The van der Waals surface area contributed by atoms with Crippen LogP contribution in [0.5, 0.6) is 5.75 Å². The Bertz CT molecular complexity index is 701. The molecule has 6 nitrogen and oxygen atoms in total. The van der Waals surface area contributed by atoms with Gasteiger partial charge in [0.25, 0.3) is 0 Å². The van der Waals surface area contributed by atoms with Crippen molar-refractivity contribution >= 4 is 22.8 Å². The van der Waals surface area contributed by atoms with Crippen molar-refractivity contribution in [1.29, 1.82) is 0 Å². The van der Waals surface area contributed by atoms with E-state index in [0.717, 1.165) is 0 Å². The number of aromatic carboxylic acids is 1. The summed E-state index contributed by atoms with van der Waals surface area (Å²) in [6.45, 7) is 5.16. The van der Waals surface area contributed by atoms with Gasteiger partial charge in [-0.3, -0.25) is 4.79 Å². The number of benzene rings is 1. The van der Waals surface area contributed by atoms with Gasteiger partial charge in [-0.2, -0.15) is 0 Å². The highest BCUT2D eigenvalue weighted by Crippen LogP contribution is 2.34. The zero-order valence-electron chi connectivity index (χ0n) is 12.1. The van der Waals surface area contributed by atoms with Gasteiger partial charge in [-0.15, -0.1) is 0 Å². The van der Waals surface area contributed by atoms with Gasteiger partial charge in [0.05, 0.1) is 11.9 Å². The third-order valence-electron chi connectivity index (χ3n) is 3.34. The molecular weight excluding hydrogens is 274 g/mol. The lowest BCUT2D eigenvalue weighted by atomic mass is 10.1. The van der Waals surface area contributed by atoms with Crippen LogP contribution in [0.2, 0.25) is 0 Å². The van der Waals surface area contributed by atoms with Crippen LogP contribution < -0.4 is 0 Å². The van der Waals surface area contributed by atoms with Crippen LogP contribution in [0.15, 0.2) is 22.6 Å². The number of hydrogen-bond acceptors (Lipinski definition) is 4. The van der Waals surface area contributed by atoms with Gasteiger partial charge in [-0.25, -0.2) is 4.79 Å². The molecule has 2 aromatic rings. The highest BCUT2D eigenvalue weighted by atomic mass is 16.4. The minimum Gasteiger partial charge on any atom is -0.507 e. The third kappa shape index (κ3) is 2.69. The molecule has 2 rings (SSSR count). The number of carboxylic acid groups (broad SMARTS) is 1. The molecule has 1 aromatic carbocycles. The number of fused-ring (bicyclic) bond motifs is 1.